The molecule has 0 aromatic carbocycles. The Balaban J connectivity index is 2.07. The van der Waals surface area contributed by atoms with Crippen LogP contribution in [0.25, 0.3) is 0 Å². The van der Waals surface area contributed by atoms with Crippen LogP contribution in [0.5, 0.6) is 0 Å². The maximum Gasteiger partial charge on any atom is 0.133 e. The Labute approximate surface area is 122 Å². The average molecular weight is 277 g/mol. The standard InChI is InChI=1S/C16H27N3O/c1-4-12(5-2)15(20)10-17-16-13-8-6-7-9-14(13)18-11(3)19-16/h12,15,20H,4-10H2,1-3H3,(H,17,18,19). The highest BCUT2D eigenvalue weighted by molar-refractivity contribution is 5.47. The van der Waals surface area contributed by atoms with Crippen molar-refractivity contribution < 1.29 is 5.11 Å². The van der Waals surface area contributed by atoms with E-state index in [9.17, 15) is 5.11 Å². The van der Waals surface area contributed by atoms with Gasteiger partial charge in [-0.05, 0) is 38.5 Å². The summed E-state index contributed by atoms with van der Waals surface area (Å²) in [5.41, 5.74) is 2.46. The zero-order valence-electron chi connectivity index (χ0n) is 12.9. The van der Waals surface area contributed by atoms with Gasteiger partial charge in [0.15, 0.2) is 0 Å². The van der Waals surface area contributed by atoms with Crippen LogP contribution in [0.4, 0.5) is 5.82 Å². The molecule has 20 heavy (non-hydrogen) atoms. The molecule has 0 saturated heterocycles. The summed E-state index contributed by atoms with van der Waals surface area (Å²) in [6.07, 6.45) is 6.27. The van der Waals surface area contributed by atoms with Crippen LogP contribution >= 0.6 is 0 Å². The molecule has 1 unspecified atom stereocenters. The molecule has 1 aliphatic carbocycles. The normalized spacial score (nSPS) is 16.1. The summed E-state index contributed by atoms with van der Waals surface area (Å²) in [6, 6.07) is 0. The van der Waals surface area contributed by atoms with Gasteiger partial charge in [0.2, 0.25) is 0 Å². The van der Waals surface area contributed by atoms with E-state index in [4.69, 9.17) is 0 Å². The smallest absolute Gasteiger partial charge is 0.133 e. The van der Waals surface area contributed by atoms with Gasteiger partial charge in [0.25, 0.3) is 0 Å². The lowest BCUT2D eigenvalue weighted by atomic mass is 9.95. The van der Waals surface area contributed by atoms with Crippen LogP contribution in [0.3, 0.4) is 0 Å². The molecule has 0 fully saturated rings. The molecule has 4 heteroatoms. The molecule has 0 aliphatic heterocycles. The third-order valence-electron chi connectivity index (χ3n) is 4.37. The van der Waals surface area contributed by atoms with E-state index in [1.165, 1.54) is 24.1 Å². The van der Waals surface area contributed by atoms with Crippen LogP contribution < -0.4 is 5.32 Å². The SMILES string of the molecule is CCC(CC)C(O)CNc1nc(C)nc2c1CCCC2. The molecule has 112 valence electrons. The summed E-state index contributed by atoms with van der Waals surface area (Å²) in [5, 5.41) is 13.6. The molecule has 1 atom stereocenters. The number of aliphatic hydroxyl groups is 1. The van der Waals surface area contributed by atoms with E-state index in [0.717, 1.165) is 37.3 Å². The molecule has 1 aromatic heterocycles. The van der Waals surface area contributed by atoms with Gasteiger partial charge in [-0.1, -0.05) is 26.7 Å². The summed E-state index contributed by atoms with van der Waals surface area (Å²) < 4.78 is 0. The first-order valence-corrected chi connectivity index (χ1v) is 7.94. The molecule has 1 aliphatic rings. The number of rotatable bonds is 6. The fourth-order valence-corrected chi connectivity index (χ4v) is 3.06. The van der Waals surface area contributed by atoms with Crippen LogP contribution in [-0.2, 0) is 12.8 Å². The first-order valence-electron chi connectivity index (χ1n) is 7.94. The van der Waals surface area contributed by atoms with E-state index in [2.05, 4.69) is 29.1 Å². The van der Waals surface area contributed by atoms with Gasteiger partial charge < -0.3 is 10.4 Å². The van der Waals surface area contributed by atoms with E-state index in [-0.39, 0.29) is 6.10 Å². The van der Waals surface area contributed by atoms with Gasteiger partial charge in [0, 0.05) is 17.8 Å². The first kappa shape index (κ1) is 15.2. The molecular formula is C16H27N3O. The number of fused-ring (bicyclic) bond motifs is 1. The third-order valence-corrected chi connectivity index (χ3v) is 4.37. The number of anilines is 1. The second kappa shape index (κ2) is 7.02. The lowest BCUT2D eigenvalue weighted by Gasteiger charge is -2.23. The Morgan fingerprint density at radius 2 is 1.85 bits per heavy atom. The van der Waals surface area contributed by atoms with Crippen molar-refractivity contribution in [2.75, 3.05) is 11.9 Å². The summed E-state index contributed by atoms with van der Waals surface area (Å²) in [6.45, 7) is 6.79. The molecule has 0 amide bonds. The predicted molar refractivity (Wildman–Crippen MR) is 82.0 cm³/mol. The number of aromatic nitrogens is 2. The Morgan fingerprint density at radius 3 is 2.55 bits per heavy atom. The van der Waals surface area contributed by atoms with Gasteiger partial charge in [-0.2, -0.15) is 0 Å². The molecule has 2 rings (SSSR count). The lowest BCUT2D eigenvalue weighted by molar-refractivity contribution is 0.114. The highest BCUT2D eigenvalue weighted by Gasteiger charge is 2.19. The van der Waals surface area contributed by atoms with Crippen LogP contribution in [0, 0.1) is 12.8 Å². The van der Waals surface area contributed by atoms with Gasteiger partial charge in [-0.3, -0.25) is 0 Å². The molecular weight excluding hydrogens is 250 g/mol. The number of aliphatic hydroxyl groups excluding tert-OH is 1. The number of nitrogens with zero attached hydrogens (tertiary/aromatic N) is 2. The number of nitrogens with one attached hydrogen (secondary N) is 1. The topological polar surface area (TPSA) is 58.0 Å². The van der Waals surface area contributed by atoms with Crippen molar-refractivity contribution in [1.82, 2.24) is 9.97 Å². The summed E-state index contributed by atoms with van der Waals surface area (Å²) >= 11 is 0. The van der Waals surface area contributed by atoms with Gasteiger partial charge >= 0.3 is 0 Å². The highest BCUT2D eigenvalue weighted by Crippen LogP contribution is 2.25. The minimum atomic E-state index is -0.306. The van der Waals surface area contributed by atoms with Crippen molar-refractivity contribution in [2.24, 2.45) is 5.92 Å². The molecule has 0 bridgehead atoms. The Morgan fingerprint density at radius 1 is 1.15 bits per heavy atom. The molecule has 1 aromatic rings. The van der Waals surface area contributed by atoms with E-state index < -0.39 is 0 Å². The van der Waals surface area contributed by atoms with Crippen LogP contribution in [-0.4, -0.2) is 27.7 Å². The molecule has 4 nitrogen and oxygen atoms in total. The van der Waals surface area contributed by atoms with Crippen molar-refractivity contribution in [3.8, 4) is 0 Å². The molecule has 2 N–H and O–H groups in total. The minimum absolute atomic E-state index is 0.306. The first-order chi connectivity index (χ1) is 9.65. The number of hydrogen-bond donors (Lipinski definition) is 2. The highest BCUT2D eigenvalue weighted by atomic mass is 16.3. The average Bonchev–Trinajstić information content (AvgIpc) is 2.45. The molecule has 0 saturated carbocycles. The fourth-order valence-electron chi connectivity index (χ4n) is 3.06. The van der Waals surface area contributed by atoms with Crippen molar-refractivity contribution in [1.29, 1.82) is 0 Å². The van der Waals surface area contributed by atoms with Crippen molar-refractivity contribution in [3.05, 3.63) is 17.1 Å². The second-order valence-corrected chi connectivity index (χ2v) is 5.78. The van der Waals surface area contributed by atoms with Gasteiger partial charge in [-0.15, -0.1) is 0 Å². The number of aryl methyl sites for hydroxylation is 2. The zero-order chi connectivity index (χ0) is 14.5. The molecule has 0 spiro atoms. The molecule has 0 radical (unpaired) electrons. The Bertz CT molecular complexity index is 444. The van der Waals surface area contributed by atoms with Crippen LogP contribution in [0.15, 0.2) is 0 Å². The minimum Gasteiger partial charge on any atom is -0.391 e. The largest absolute Gasteiger partial charge is 0.391 e. The Kier molecular flexibility index (Phi) is 5.35. The van der Waals surface area contributed by atoms with E-state index in [0.29, 0.717) is 12.5 Å². The second-order valence-electron chi connectivity index (χ2n) is 5.78. The maximum atomic E-state index is 10.2. The summed E-state index contributed by atoms with van der Waals surface area (Å²) in [7, 11) is 0. The number of hydrogen-bond acceptors (Lipinski definition) is 4. The fraction of sp³-hybridized carbons (Fsp3) is 0.750. The quantitative estimate of drug-likeness (QED) is 0.839. The van der Waals surface area contributed by atoms with Crippen LogP contribution in [0.1, 0.15) is 56.6 Å². The van der Waals surface area contributed by atoms with E-state index in [1.54, 1.807) is 0 Å². The Hall–Kier alpha value is -1.16. The lowest BCUT2D eigenvalue weighted by Crippen LogP contribution is -2.28. The van der Waals surface area contributed by atoms with Crippen molar-refractivity contribution in [2.45, 2.75) is 65.4 Å². The van der Waals surface area contributed by atoms with E-state index in [1.807, 2.05) is 6.92 Å². The molecule has 1 heterocycles. The maximum absolute atomic E-state index is 10.2. The van der Waals surface area contributed by atoms with E-state index >= 15 is 0 Å². The third kappa shape index (κ3) is 3.48. The van der Waals surface area contributed by atoms with Crippen molar-refractivity contribution >= 4 is 5.82 Å². The monoisotopic (exact) mass is 277 g/mol. The van der Waals surface area contributed by atoms with Gasteiger partial charge in [0.05, 0.1) is 6.10 Å². The van der Waals surface area contributed by atoms with Gasteiger partial charge in [-0.25, -0.2) is 9.97 Å². The van der Waals surface area contributed by atoms with Crippen LogP contribution in [0.2, 0.25) is 0 Å². The summed E-state index contributed by atoms with van der Waals surface area (Å²) in [5.74, 6) is 2.13. The predicted octanol–water partition coefficient (Wildman–Crippen LogP) is 2.87. The van der Waals surface area contributed by atoms with Gasteiger partial charge in [0.1, 0.15) is 11.6 Å². The van der Waals surface area contributed by atoms with Crippen molar-refractivity contribution in [3.63, 3.8) is 0 Å². The summed E-state index contributed by atoms with van der Waals surface area (Å²) in [4.78, 5) is 9.09. The zero-order valence-corrected chi connectivity index (χ0v) is 12.9.